The Kier molecular flexibility index (Phi) is 7.70. The highest BCUT2D eigenvalue weighted by Crippen LogP contribution is 2.40. The molecule has 1 unspecified atom stereocenters. The number of amides is 2. The van der Waals surface area contributed by atoms with Crippen LogP contribution in [-0.4, -0.2) is 54.6 Å². The van der Waals surface area contributed by atoms with E-state index >= 15 is 0 Å². The molecule has 0 radical (unpaired) electrons. The third kappa shape index (κ3) is 5.34. The van der Waals surface area contributed by atoms with Gasteiger partial charge in [0.2, 0.25) is 0 Å². The van der Waals surface area contributed by atoms with Gasteiger partial charge in [-0.3, -0.25) is 9.69 Å². The molecular weight excluding hydrogens is 450 g/mol. The van der Waals surface area contributed by atoms with E-state index in [1.165, 1.54) is 16.7 Å². The summed E-state index contributed by atoms with van der Waals surface area (Å²) in [5, 5.41) is 3.92. The van der Waals surface area contributed by atoms with E-state index in [0.717, 1.165) is 22.5 Å². The Balaban J connectivity index is 1.66. The molecule has 1 saturated heterocycles. The maximum absolute atomic E-state index is 12.8. The summed E-state index contributed by atoms with van der Waals surface area (Å²) in [7, 11) is 0. The van der Waals surface area contributed by atoms with Crippen molar-refractivity contribution in [3.05, 3.63) is 76.1 Å². The molecule has 1 aromatic carbocycles. The number of piperazine rings is 1. The van der Waals surface area contributed by atoms with Crippen LogP contribution in [-0.2, 0) is 11.2 Å². The number of hydrogen-bond acceptors (Lipinski definition) is 6. The summed E-state index contributed by atoms with van der Waals surface area (Å²) < 4.78 is 10.5. The van der Waals surface area contributed by atoms with Gasteiger partial charge in [0.25, 0.3) is 5.91 Å². The fourth-order valence-electron chi connectivity index (χ4n) is 4.22. The van der Waals surface area contributed by atoms with Crippen LogP contribution in [0, 0.1) is 6.92 Å². The lowest BCUT2D eigenvalue weighted by Gasteiger charge is -2.39. The number of ether oxygens (including phenoxy) is 1. The van der Waals surface area contributed by atoms with Crippen molar-refractivity contribution in [1.82, 2.24) is 9.80 Å². The van der Waals surface area contributed by atoms with Crippen LogP contribution >= 0.6 is 11.3 Å². The molecule has 7 nitrogen and oxygen atoms in total. The second-order valence-electron chi connectivity index (χ2n) is 8.32. The predicted octanol–water partition coefficient (Wildman–Crippen LogP) is 5.33. The van der Waals surface area contributed by atoms with E-state index in [2.05, 4.69) is 54.4 Å². The average molecular weight is 482 g/mol. The van der Waals surface area contributed by atoms with Crippen LogP contribution in [0.3, 0.4) is 0 Å². The standard InChI is InChI=1S/C26H31N3O4S/c1-4-20-17-21(25(34-20)27-24(30)22-7-6-16-33-22)23(19-10-8-18(3)9-11-19)28-12-14-29(15-13-28)26(31)32-5-2/h6-11,16-17,23H,4-5,12-15H2,1-3H3,(H,27,30). The first-order valence-corrected chi connectivity index (χ1v) is 12.5. The molecule has 180 valence electrons. The average Bonchev–Trinajstić information content (AvgIpc) is 3.52. The highest BCUT2D eigenvalue weighted by atomic mass is 32.1. The molecule has 3 aromatic rings. The summed E-state index contributed by atoms with van der Waals surface area (Å²) in [5.74, 6) is 0.0258. The molecule has 0 aliphatic carbocycles. The van der Waals surface area contributed by atoms with Gasteiger partial charge in [-0.15, -0.1) is 11.3 Å². The minimum atomic E-state index is -0.260. The van der Waals surface area contributed by atoms with Gasteiger partial charge in [0, 0.05) is 36.6 Å². The van der Waals surface area contributed by atoms with E-state index in [1.807, 2.05) is 6.92 Å². The minimum absolute atomic E-state index is 0.0478. The van der Waals surface area contributed by atoms with Crippen molar-refractivity contribution in [2.45, 2.75) is 33.2 Å². The molecule has 2 amide bonds. The summed E-state index contributed by atoms with van der Waals surface area (Å²) in [4.78, 5) is 30.4. The predicted molar refractivity (Wildman–Crippen MR) is 134 cm³/mol. The van der Waals surface area contributed by atoms with Gasteiger partial charge in [-0.2, -0.15) is 0 Å². The van der Waals surface area contributed by atoms with Crippen molar-refractivity contribution in [2.75, 3.05) is 38.1 Å². The molecule has 1 N–H and O–H groups in total. The lowest BCUT2D eigenvalue weighted by atomic mass is 9.96. The van der Waals surface area contributed by atoms with Gasteiger partial charge < -0.3 is 19.4 Å². The molecule has 3 heterocycles. The number of benzene rings is 1. The van der Waals surface area contributed by atoms with Crippen molar-refractivity contribution in [3.8, 4) is 0 Å². The van der Waals surface area contributed by atoms with Crippen LogP contribution in [0.4, 0.5) is 9.80 Å². The molecule has 34 heavy (non-hydrogen) atoms. The number of carbonyl (C=O) groups excluding carboxylic acids is 2. The van der Waals surface area contributed by atoms with E-state index in [9.17, 15) is 9.59 Å². The van der Waals surface area contributed by atoms with Crippen molar-refractivity contribution in [1.29, 1.82) is 0 Å². The lowest BCUT2D eigenvalue weighted by molar-refractivity contribution is 0.0716. The smallest absolute Gasteiger partial charge is 0.409 e. The number of nitrogens with zero attached hydrogens (tertiary/aromatic N) is 2. The molecule has 1 aliphatic heterocycles. The topological polar surface area (TPSA) is 75.0 Å². The van der Waals surface area contributed by atoms with Crippen molar-refractivity contribution in [3.63, 3.8) is 0 Å². The van der Waals surface area contributed by atoms with E-state index in [4.69, 9.17) is 9.15 Å². The zero-order valence-electron chi connectivity index (χ0n) is 19.9. The normalized spacial score (nSPS) is 15.2. The second kappa shape index (κ2) is 10.9. The van der Waals surface area contributed by atoms with Gasteiger partial charge in [-0.25, -0.2) is 4.79 Å². The molecule has 1 atom stereocenters. The van der Waals surface area contributed by atoms with Crippen LogP contribution in [0.2, 0.25) is 0 Å². The van der Waals surface area contributed by atoms with E-state index < -0.39 is 0 Å². The Hall–Kier alpha value is -3.10. The number of thiophene rings is 1. The fourth-order valence-corrected chi connectivity index (χ4v) is 5.24. The summed E-state index contributed by atoms with van der Waals surface area (Å²) >= 11 is 1.60. The summed E-state index contributed by atoms with van der Waals surface area (Å²) in [6.45, 7) is 9.00. The Morgan fingerprint density at radius 1 is 1.12 bits per heavy atom. The lowest BCUT2D eigenvalue weighted by Crippen LogP contribution is -2.50. The maximum atomic E-state index is 12.8. The molecule has 1 aliphatic rings. The minimum Gasteiger partial charge on any atom is -0.459 e. The van der Waals surface area contributed by atoms with Gasteiger partial charge in [0.15, 0.2) is 5.76 Å². The molecule has 8 heteroatoms. The third-order valence-corrected chi connectivity index (χ3v) is 7.24. The van der Waals surface area contributed by atoms with Gasteiger partial charge in [-0.05, 0) is 44.0 Å². The number of aryl methyl sites for hydroxylation is 2. The van der Waals surface area contributed by atoms with Crippen LogP contribution in [0.25, 0.3) is 0 Å². The van der Waals surface area contributed by atoms with Crippen LogP contribution in [0.15, 0.2) is 53.1 Å². The van der Waals surface area contributed by atoms with Gasteiger partial charge >= 0.3 is 6.09 Å². The highest BCUT2D eigenvalue weighted by Gasteiger charge is 2.31. The zero-order valence-corrected chi connectivity index (χ0v) is 20.7. The maximum Gasteiger partial charge on any atom is 0.409 e. The number of hydrogen-bond donors (Lipinski definition) is 1. The molecule has 0 saturated carbocycles. The molecular formula is C26H31N3O4S. The zero-order chi connectivity index (χ0) is 24.1. The Bertz CT molecular complexity index is 1100. The Morgan fingerprint density at radius 3 is 2.47 bits per heavy atom. The van der Waals surface area contributed by atoms with Crippen molar-refractivity contribution >= 4 is 28.3 Å². The highest BCUT2D eigenvalue weighted by molar-refractivity contribution is 7.16. The monoisotopic (exact) mass is 481 g/mol. The quantitative estimate of drug-likeness (QED) is 0.494. The van der Waals surface area contributed by atoms with Gasteiger partial charge in [0.05, 0.1) is 18.9 Å². The van der Waals surface area contributed by atoms with E-state index in [-0.39, 0.29) is 23.8 Å². The molecule has 0 spiro atoms. The first-order valence-electron chi connectivity index (χ1n) is 11.7. The first kappa shape index (κ1) is 24.0. The Labute approximate surface area is 204 Å². The fraction of sp³-hybridized carbons (Fsp3) is 0.385. The number of carbonyl (C=O) groups is 2. The van der Waals surface area contributed by atoms with Crippen molar-refractivity contribution < 1.29 is 18.7 Å². The number of furan rings is 1. The third-order valence-electron chi connectivity index (χ3n) is 6.03. The number of nitrogens with one attached hydrogen (secondary N) is 1. The van der Waals surface area contributed by atoms with Crippen LogP contribution in [0.5, 0.6) is 0 Å². The van der Waals surface area contributed by atoms with Gasteiger partial charge in [0.1, 0.15) is 5.00 Å². The largest absolute Gasteiger partial charge is 0.459 e. The SMILES string of the molecule is CCOC(=O)N1CCN(C(c2ccc(C)cc2)c2cc(CC)sc2NC(=O)c2ccco2)CC1. The van der Waals surface area contributed by atoms with E-state index in [0.29, 0.717) is 32.8 Å². The van der Waals surface area contributed by atoms with Crippen molar-refractivity contribution in [2.24, 2.45) is 0 Å². The summed E-state index contributed by atoms with van der Waals surface area (Å²) in [6.07, 6.45) is 2.12. The Morgan fingerprint density at radius 2 is 1.85 bits per heavy atom. The van der Waals surface area contributed by atoms with Crippen LogP contribution < -0.4 is 5.32 Å². The molecule has 4 rings (SSSR count). The molecule has 0 bridgehead atoms. The first-order chi connectivity index (χ1) is 16.5. The van der Waals surface area contributed by atoms with Gasteiger partial charge in [-0.1, -0.05) is 36.8 Å². The van der Waals surface area contributed by atoms with Crippen LogP contribution in [0.1, 0.15) is 52.0 Å². The van der Waals surface area contributed by atoms with E-state index in [1.54, 1.807) is 28.4 Å². The summed E-state index contributed by atoms with van der Waals surface area (Å²) in [6, 6.07) is 14.1. The number of anilines is 1. The second-order valence-corrected chi connectivity index (χ2v) is 9.45. The number of rotatable bonds is 7. The molecule has 1 fully saturated rings. The summed E-state index contributed by atoms with van der Waals surface area (Å²) in [5.41, 5.74) is 3.42. The molecule has 2 aromatic heterocycles.